The fourth-order valence-corrected chi connectivity index (χ4v) is 5.93. The number of aromatic hydroxyl groups is 1. The van der Waals surface area contributed by atoms with Gasteiger partial charge in [0, 0.05) is 47.9 Å². The van der Waals surface area contributed by atoms with Crippen LogP contribution in [0.1, 0.15) is 30.5 Å². The van der Waals surface area contributed by atoms with Gasteiger partial charge in [0.2, 0.25) is 0 Å². The van der Waals surface area contributed by atoms with Gasteiger partial charge >= 0.3 is 10.1 Å². The molecule has 0 aliphatic carbocycles. The fourth-order valence-electron chi connectivity index (χ4n) is 4.56. The van der Waals surface area contributed by atoms with E-state index in [1.807, 2.05) is 73.5 Å². The first-order valence-electron chi connectivity index (χ1n) is 12.7. The van der Waals surface area contributed by atoms with Crippen LogP contribution in [0, 0.1) is 0 Å². The van der Waals surface area contributed by atoms with Crippen molar-refractivity contribution in [3.05, 3.63) is 95.7 Å². The van der Waals surface area contributed by atoms with E-state index in [4.69, 9.17) is 4.18 Å². The molecule has 4 aromatic rings. The third-order valence-electron chi connectivity index (χ3n) is 6.99. The molecule has 2 N–H and O–H groups in total. The molecular weight excluding hydrogens is 536 g/mol. The predicted octanol–water partition coefficient (Wildman–Crippen LogP) is 4.33. The van der Waals surface area contributed by atoms with Gasteiger partial charge in [-0.2, -0.15) is 8.42 Å². The smallest absolute Gasteiger partial charge is 0.310 e. The van der Waals surface area contributed by atoms with Gasteiger partial charge in [-0.25, -0.2) is 0 Å². The molecule has 0 fully saturated rings. The molecule has 0 spiro atoms. The number of phenols is 1. The van der Waals surface area contributed by atoms with Gasteiger partial charge in [-0.3, -0.25) is 4.21 Å². The Morgan fingerprint density at radius 2 is 1.59 bits per heavy atom. The highest BCUT2D eigenvalue weighted by Gasteiger charge is 2.24. The van der Waals surface area contributed by atoms with Crippen molar-refractivity contribution in [2.75, 3.05) is 31.1 Å². The summed E-state index contributed by atoms with van der Waals surface area (Å²) in [6.45, 7) is 4.98. The maximum absolute atomic E-state index is 12.8. The number of aromatic nitrogens is 1. The van der Waals surface area contributed by atoms with Crippen molar-refractivity contribution in [1.82, 2.24) is 9.88 Å². The molecule has 10 heteroatoms. The van der Waals surface area contributed by atoms with Crippen LogP contribution in [-0.2, 0) is 33.0 Å². The molecule has 3 aromatic carbocycles. The molecule has 4 rings (SSSR count). The van der Waals surface area contributed by atoms with E-state index in [-0.39, 0.29) is 41.5 Å². The quantitative estimate of drug-likeness (QED) is 0.181. The lowest BCUT2D eigenvalue weighted by atomic mass is 9.78. The van der Waals surface area contributed by atoms with E-state index in [9.17, 15) is 22.3 Å². The van der Waals surface area contributed by atoms with E-state index in [2.05, 4.69) is 4.98 Å². The minimum Gasteiger partial charge on any atom is -0.772 e. The molecule has 0 aliphatic heterocycles. The van der Waals surface area contributed by atoms with Crippen LogP contribution in [0.25, 0.3) is 10.9 Å². The zero-order chi connectivity index (χ0) is 28.0. The van der Waals surface area contributed by atoms with Gasteiger partial charge in [-0.1, -0.05) is 67.4 Å². The number of hydrogen-bond acceptors (Lipinski definition) is 7. The van der Waals surface area contributed by atoms with Gasteiger partial charge in [0.05, 0.1) is 5.75 Å². The van der Waals surface area contributed by atoms with E-state index >= 15 is 0 Å². The minimum atomic E-state index is -3.91. The van der Waals surface area contributed by atoms with Crippen LogP contribution >= 0.6 is 0 Å². The van der Waals surface area contributed by atoms with Crippen LogP contribution in [-0.4, -0.2) is 63.3 Å². The van der Waals surface area contributed by atoms with Crippen molar-refractivity contribution in [1.29, 1.82) is 0 Å². The Bertz CT molecular complexity index is 1510. The zero-order valence-electron chi connectivity index (χ0n) is 22.0. The van der Waals surface area contributed by atoms with Crippen LogP contribution in [0.4, 0.5) is 0 Å². The van der Waals surface area contributed by atoms with E-state index in [1.54, 1.807) is 24.3 Å². The van der Waals surface area contributed by atoms with Gasteiger partial charge in [0.25, 0.3) is 0 Å². The average Bonchev–Trinajstić information content (AvgIpc) is 3.31. The summed E-state index contributed by atoms with van der Waals surface area (Å²) in [5, 5.41) is 10.7. The summed E-state index contributed by atoms with van der Waals surface area (Å²) in [6.07, 6.45) is 2.58. The molecule has 0 amide bonds. The number of H-pyrrole nitrogens is 1. The van der Waals surface area contributed by atoms with Crippen molar-refractivity contribution in [3.8, 4) is 11.5 Å². The highest BCUT2D eigenvalue weighted by atomic mass is 32.2. The Hall–Kier alpha value is -3.18. The normalized spacial score (nSPS) is 13.1. The van der Waals surface area contributed by atoms with Crippen molar-refractivity contribution in [3.63, 3.8) is 0 Å². The second kappa shape index (κ2) is 12.3. The second-order valence-electron chi connectivity index (χ2n) is 10.0. The second-order valence-corrected chi connectivity index (χ2v) is 12.7. The van der Waals surface area contributed by atoms with Crippen molar-refractivity contribution < 1.29 is 26.5 Å². The predicted molar refractivity (Wildman–Crippen MR) is 153 cm³/mol. The molecule has 1 atom stereocenters. The summed E-state index contributed by atoms with van der Waals surface area (Å²) < 4.78 is 53.3. The van der Waals surface area contributed by atoms with Crippen LogP contribution in [0.5, 0.6) is 11.5 Å². The number of benzene rings is 3. The van der Waals surface area contributed by atoms with Crippen molar-refractivity contribution in [2.45, 2.75) is 25.7 Å². The highest BCUT2D eigenvalue weighted by Crippen LogP contribution is 2.33. The summed E-state index contributed by atoms with van der Waals surface area (Å²) in [5.74, 6) is 0.0628. The summed E-state index contributed by atoms with van der Waals surface area (Å²) >= 11 is -2.22. The molecule has 208 valence electrons. The molecule has 39 heavy (non-hydrogen) atoms. The first-order valence-corrected chi connectivity index (χ1v) is 15.5. The Balaban J connectivity index is 1.37. The van der Waals surface area contributed by atoms with Crippen LogP contribution in [0.15, 0.2) is 79.0 Å². The first-order chi connectivity index (χ1) is 18.5. The van der Waals surface area contributed by atoms with E-state index in [0.29, 0.717) is 13.0 Å². The van der Waals surface area contributed by atoms with Crippen molar-refractivity contribution in [2.24, 2.45) is 0 Å². The molecular formula is C29H33N2O6S2-. The fraction of sp³-hybridized carbons (Fsp3) is 0.310. The molecule has 0 saturated heterocycles. The molecule has 8 nitrogen and oxygen atoms in total. The first kappa shape index (κ1) is 28.8. The van der Waals surface area contributed by atoms with Gasteiger partial charge in [0.1, 0.15) is 11.5 Å². The largest absolute Gasteiger partial charge is 0.772 e. The molecule has 0 bridgehead atoms. The Morgan fingerprint density at radius 1 is 0.949 bits per heavy atom. The molecule has 0 aliphatic rings. The number of nitrogens with zero attached hydrogens (tertiary/aromatic N) is 1. The van der Waals surface area contributed by atoms with Crippen LogP contribution in [0.2, 0.25) is 0 Å². The number of rotatable bonds is 13. The van der Waals surface area contributed by atoms with E-state index < -0.39 is 21.2 Å². The van der Waals surface area contributed by atoms with Gasteiger partial charge in [-0.15, -0.1) is 0 Å². The third kappa shape index (κ3) is 7.69. The topological polar surface area (TPSA) is 123 Å². The summed E-state index contributed by atoms with van der Waals surface area (Å²) in [6, 6.07) is 21.8. The SMILES string of the molecule is CC(C)(c1ccc(O)cc1)c1ccc(OS(=O)(=O)CCN(CCc2c[nH]c3ccccc23)CCS(=O)[O-])cc1. The lowest BCUT2D eigenvalue weighted by molar-refractivity contribution is 0.306. The summed E-state index contributed by atoms with van der Waals surface area (Å²) in [7, 11) is -3.91. The molecule has 0 radical (unpaired) electrons. The maximum Gasteiger partial charge on any atom is 0.310 e. The maximum atomic E-state index is 12.8. The summed E-state index contributed by atoms with van der Waals surface area (Å²) in [5.41, 5.74) is 3.72. The van der Waals surface area contributed by atoms with Gasteiger partial charge in [-0.05, 0) is 53.4 Å². The monoisotopic (exact) mass is 569 g/mol. The Kier molecular flexibility index (Phi) is 9.12. The molecule has 1 unspecified atom stereocenters. The highest BCUT2D eigenvalue weighted by molar-refractivity contribution is 7.87. The van der Waals surface area contributed by atoms with Gasteiger partial charge in [0.15, 0.2) is 0 Å². The molecule has 1 aromatic heterocycles. The van der Waals surface area contributed by atoms with Crippen molar-refractivity contribution >= 4 is 32.1 Å². The standard InChI is InChI=1S/C29H34N2O6S2/c1-29(2,23-7-11-25(32)12-8-23)24-9-13-26(14-10-24)37-39(35,36)20-18-31(17-19-38(33)34)16-15-22-21-30-28-6-4-3-5-27(22)28/h3-14,21,30,32H,15-20H2,1-2H3,(H,33,34)/p-1. The zero-order valence-corrected chi connectivity index (χ0v) is 23.6. The number of para-hydroxylation sites is 1. The minimum absolute atomic E-state index is 0.0763. The van der Waals surface area contributed by atoms with Crippen LogP contribution < -0.4 is 4.18 Å². The molecule has 0 saturated carbocycles. The van der Waals surface area contributed by atoms with Crippen LogP contribution in [0.3, 0.4) is 0 Å². The number of nitrogens with one attached hydrogen (secondary N) is 1. The Morgan fingerprint density at radius 3 is 2.26 bits per heavy atom. The average molecular weight is 570 g/mol. The van der Waals surface area contributed by atoms with Gasteiger partial charge < -0.3 is 23.7 Å². The lowest BCUT2D eigenvalue weighted by Crippen LogP contribution is -2.35. The van der Waals surface area contributed by atoms with E-state index in [0.717, 1.165) is 27.6 Å². The lowest BCUT2D eigenvalue weighted by Gasteiger charge is -2.26. The summed E-state index contributed by atoms with van der Waals surface area (Å²) in [4.78, 5) is 5.06. The number of aromatic amines is 1. The third-order valence-corrected chi connectivity index (χ3v) is 8.64. The number of phenolic OH excluding ortho intramolecular Hbond substituents is 1. The number of hydrogen-bond donors (Lipinski definition) is 2. The number of fused-ring (bicyclic) bond motifs is 1. The Labute approximate surface area is 232 Å². The van der Waals surface area contributed by atoms with E-state index in [1.165, 1.54) is 0 Å². The molecule has 1 heterocycles.